The van der Waals surface area contributed by atoms with Gasteiger partial charge in [0.1, 0.15) is 9.77 Å². The lowest BCUT2D eigenvalue weighted by Gasteiger charge is -2.07. The van der Waals surface area contributed by atoms with E-state index >= 15 is 0 Å². The van der Waals surface area contributed by atoms with Crippen molar-refractivity contribution in [2.24, 2.45) is 0 Å². The minimum absolute atomic E-state index is 0.0869. The third-order valence-electron chi connectivity index (χ3n) is 2.37. The fourth-order valence-corrected chi connectivity index (χ4v) is 4.66. The number of aromatic nitrogens is 1. The summed E-state index contributed by atoms with van der Waals surface area (Å²) < 4.78 is 27.4. The summed E-state index contributed by atoms with van der Waals surface area (Å²) in [5.41, 5.74) is 0.582. The Labute approximate surface area is 127 Å². The highest BCUT2D eigenvalue weighted by Gasteiger charge is 2.21. The van der Waals surface area contributed by atoms with Crippen LogP contribution >= 0.6 is 27.3 Å². The first kappa shape index (κ1) is 14.9. The van der Waals surface area contributed by atoms with Gasteiger partial charge in [-0.1, -0.05) is 0 Å². The number of nitrogens with one attached hydrogen (secondary N) is 1. The molecule has 0 spiro atoms. The van der Waals surface area contributed by atoms with E-state index in [9.17, 15) is 13.2 Å². The lowest BCUT2D eigenvalue weighted by molar-refractivity contribution is 0.0697. The van der Waals surface area contributed by atoms with Gasteiger partial charge in [-0.05, 0) is 46.6 Å². The zero-order valence-corrected chi connectivity index (χ0v) is 13.3. The van der Waals surface area contributed by atoms with Crippen LogP contribution in [-0.4, -0.2) is 24.5 Å². The van der Waals surface area contributed by atoms with Crippen LogP contribution in [0.3, 0.4) is 0 Å². The van der Waals surface area contributed by atoms with Crippen LogP contribution in [0.4, 0.5) is 5.82 Å². The van der Waals surface area contributed by atoms with Crippen LogP contribution in [0.1, 0.15) is 15.9 Å². The molecule has 20 heavy (non-hydrogen) atoms. The Balaban J connectivity index is 2.41. The van der Waals surface area contributed by atoms with Gasteiger partial charge in [-0.15, -0.1) is 11.3 Å². The van der Waals surface area contributed by atoms with E-state index in [1.165, 1.54) is 24.4 Å². The van der Waals surface area contributed by atoms with E-state index in [4.69, 9.17) is 5.11 Å². The average molecular weight is 377 g/mol. The summed E-state index contributed by atoms with van der Waals surface area (Å²) in [6, 6.07) is 4.20. The number of rotatable bonds is 4. The van der Waals surface area contributed by atoms with Crippen molar-refractivity contribution in [3.8, 4) is 0 Å². The molecule has 0 aliphatic carbocycles. The van der Waals surface area contributed by atoms with Gasteiger partial charge in [-0.2, -0.15) is 0 Å². The number of halogens is 1. The van der Waals surface area contributed by atoms with Crippen molar-refractivity contribution in [3.05, 3.63) is 39.3 Å². The van der Waals surface area contributed by atoms with Gasteiger partial charge in [0.25, 0.3) is 10.0 Å². The molecule has 106 valence electrons. The van der Waals surface area contributed by atoms with Crippen molar-refractivity contribution in [2.45, 2.75) is 11.1 Å². The third kappa shape index (κ3) is 3.00. The van der Waals surface area contributed by atoms with E-state index in [1.807, 2.05) is 0 Å². The molecule has 0 saturated heterocycles. The summed E-state index contributed by atoms with van der Waals surface area (Å²) >= 11 is 4.29. The number of aromatic carboxylic acids is 1. The minimum Gasteiger partial charge on any atom is -0.478 e. The van der Waals surface area contributed by atoms with Gasteiger partial charge in [-0.3, -0.25) is 4.72 Å². The highest BCUT2D eigenvalue weighted by atomic mass is 79.9. The lowest BCUT2D eigenvalue weighted by atomic mass is 10.3. The molecular weight excluding hydrogens is 368 g/mol. The maximum Gasteiger partial charge on any atom is 0.339 e. The molecule has 2 rings (SSSR count). The second kappa shape index (κ2) is 5.51. The van der Waals surface area contributed by atoms with E-state index in [-0.39, 0.29) is 15.6 Å². The Bertz CT molecular complexity index is 751. The second-order valence-corrected chi connectivity index (χ2v) is 8.11. The lowest BCUT2D eigenvalue weighted by Crippen LogP contribution is -2.15. The molecule has 0 amide bonds. The molecule has 0 saturated carbocycles. The molecule has 2 heterocycles. The SMILES string of the molecule is Cc1cc(S(=O)(=O)Nc2ncccc2C(=O)O)sc1Br. The van der Waals surface area contributed by atoms with Crippen LogP contribution in [0, 0.1) is 6.92 Å². The molecule has 0 radical (unpaired) electrons. The van der Waals surface area contributed by atoms with Crippen LogP contribution in [0.5, 0.6) is 0 Å². The van der Waals surface area contributed by atoms with Crippen LogP contribution in [0.2, 0.25) is 0 Å². The molecule has 0 aromatic carbocycles. The molecule has 0 bridgehead atoms. The first-order valence-corrected chi connectivity index (χ1v) is 8.37. The molecule has 0 unspecified atom stereocenters. The van der Waals surface area contributed by atoms with Gasteiger partial charge in [-0.25, -0.2) is 18.2 Å². The Kier molecular flexibility index (Phi) is 4.11. The maximum absolute atomic E-state index is 12.2. The Hall–Kier alpha value is -1.45. The number of nitrogens with zero attached hydrogens (tertiary/aromatic N) is 1. The van der Waals surface area contributed by atoms with Gasteiger partial charge in [0.15, 0.2) is 5.82 Å². The summed E-state index contributed by atoms with van der Waals surface area (Å²) in [7, 11) is -3.86. The van der Waals surface area contributed by atoms with E-state index < -0.39 is 16.0 Å². The highest BCUT2D eigenvalue weighted by molar-refractivity contribution is 9.11. The van der Waals surface area contributed by atoms with Crippen LogP contribution in [-0.2, 0) is 10.0 Å². The van der Waals surface area contributed by atoms with Crippen molar-refractivity contribution in [2.75, 3.05) is 4.72 Å². The number of sulfonamides is 1. The van der Waals surface area contributed by atoms with Crippen molar-refractivity contribution in [3.63, 3.8) is 0 Å². The van der Waals surface area contributed by atoms with Crippen molar-refractivity contribution in [1.29, 1.82) is 0 Å². The standard InChI is InChI=1S/C11H9BrN2O4S2/c1-6-5-8(19-9(6)12)20(17,18)14-10-7(11(15)16)3-2-4-13-10/h2-5H,1H3,(H,13,14)(H,15,16). The zero-order valence-electron chi connectivity index (χ0n) is 10.1. The first-order chi connectivity index (χ1) is 9.31. The van der Waals surface area contributed by atoms with Crippen LogP contribution in [0.15, 0.2) is 32.4 Å². The number of aryl methyl sites for hydroxylation is 1. The number of pyridine rings is 1. The normalized spacial score (nSPS) is 11.3. The summed E-state index contributed by atoms with van der Waals surface area (Å²) in [6.07, 6.45) is 1.32. The first-order valence-electron chi connectivity index (χ1n) is 5.28. The average Bonchev–Trinajstić information content (AvgIpc) is 2.70. The number of hydrogen-bond donors (Lipinski definition) is 2. The van der Waals surface area contributed by atoms with Gasteiger partial charge < -0.3 is 5.11 Å². The minimum atomic E-state index is -3.86. The summed E-state index contributed by atoms with van der Waals surface area (Å²) in [5, 5.41) is 9.00. The highest BCUT2D eigenvalue weighted by Crippen LogP contribution is 2.31. The Morgan fingerprint density at radius 2 is 2.20 bits per heavy atom. The van der Waals surface area contributed by atoms with Crippen molar-refractivity contribution >= 4 is 49.1 Å². The number of carboxylic acids is 1. The molecule has 2 aromatic rings. The molecule has 6 nitrogen and oxygen atoms in total. The van der Waals surface area contributed by atoms with E-state index in [0.29, 0.717) is 3.79 Å². The zero-order chi connectivity index (χ0) is 14.9. The number of carboxylic acid groups (broad SMARTS) is 1. The monoisotopic (exact) mass is 376 g/mol. The topological polar surface area (TPSA) is 96.4 Å². The fourth-order valence-electron chi connectivity index (χ4n) is 1.40. The van der Waals surface area contributed by atoms with E-state index in [1.54, 1.807) is 6.92 Å². The Morgan fingerprint density at radius 1 is 1.50 bits per heavy atom. The third-order valence-corrected chi connectivity index (χ3v) is 6.32. The quantitative estimate of drug-likeness (QED) is 0.854. The van der Waals surface area contributed by atoms with Crippen LogP contribution < -0.4 is 4.72 Å². The van der Waals surface area contributed by atoms with Gasteiger partial charge >= 0.3 is 5.97 Å². The predicted octanol–water partition coefficient (Wildman–Crippen LogP) is 2.71. The van der Waals surface area contributed by atoms with Gasteiger partial charge in [0.2, 0.25) is 0 Å². The molecule has 2 N–H and O–H groups in total. The molecule has 0 aliphatic heterocycles. The number of anilines is 1. The fraction of sp³-hybridized carbons (Fsp3) is 0.0909. The molecule has 2 aromatic heterocycles. The second-order valence-electron chi connectivity index (χ2n) is 3.83. The molecule has 0 aliphatic rings. The van der Waals surface area contributed by atoms with Crippen LogP contribution in [0.25, 0.3) is 0 Å². The van der Waals surface area contributed by atoms with Crippen molar-refractivity contribution < 1.29 is 18.3 Å². The number of carbonyl (C=O) groups is 1. The summed E-state index contributed by atoms with van der Waals surface area (Å²) in [4.78, 5) is 14.8. The van der Waals surface area contributed by atoms with Gasteiger partial charge in [0.05, 0.1) is 3.79 Å². The maximum atomic E-state index is 12.2. The van der Waals surface area contributed by atoms with E-state index in [2.05, 4.69) is 25.6 Å². The molecular formula is C11H9BrN2O4S2. The summed E-state index contributed by atoms with van der Waals surface area (Å²) in [6.45, 7) is 1.77. The molecule has 0 atom stereocenters. The predicted molar refractivity (Wildman–Crippen MR) is 78.8 cm³/mol. The smallest absolute Gasteiger partial charge is 0.339 e. The largest absolute Gasteiger partial charge is 0.478 e. The Morgan fingerprint density at radius 3 is 2.75 bits per heavy atom. The summed E-state index contributed by atoms with van der Waals surface area (Å²) in [5.74, 6) is -1.46. The number of hydrogen-bond acceptors (Lipinski definition) is 5. The molecule has 9 heteroatoms. The molecule has 0 fully saturated rings. The van der Waals surface area contributed by atoms with Gasteiger partial charge in [0, 0.05) is 6.20 Å². The van der Waals surface area contributed by atoms with E-state index in [0.717, 1.165) is 16.9 Å². The number of thiophene rings is 1. The van der Waals surface area contributed by atoms with Crippen molar-refractivity contribution in [1.82, 2.24) is 4.98 Å².